The van der Waals surface area contributed by atoms with Gasteiger partial charge in [0.05, 0.1) is 33.2 Å². The monoisotopic (exact) mass is 519 g/mol. The van der Waals surface area contributed by atoms with Gasteiger partial charge in [-0.05, 0) is 66.7 Å². The lowest BCUT2D eigenvalue weighted by Crippen LogP contribution is -1.95. The Labute approximate surface area is 228 Å². The summed E-state index contributed by atoms with van der Waals surface area (Å²) >= 11 is 1.71. The number of benzene rings is 4. The summed E-state index contributed by atoms with van der Waals surface area (Å²) in [4.78, 5) is 9.60. The minimum Gasteiger partial charge on any atom is -0.464 e. The molecule has 0 aliphatic rings. The van der Waals surface area contributed by atoms with Crippen LogP contribution in [0.4, 0.5) is 0 Å². The van der Waals surface area contributed by atoms with Gasteiger partial charge in [-0.15, -0.1) is 11.3 Å². The third-order valence-electron chi connectivity index (χ3n) is 7.18. The molecular weight excluding hydrogens is 498 g/mol. The van der Waals surface area contributed by atoms with Gasteiger partial charge in [-0.25, -0.2) is 4.98 Å². The molecule has 5 heteroatoms. The van der Waals surface area contributed by atoms with Crippen LogP contribution in [-0.2, 0) is 0 Å². The highest BCUT2D eigenvalue weighted by atomic mass is 32.1. The largest absolute Gasteiger partial charge is 0.464 e. The number of pyridine rings is 1. The van der Waals surface area contributed by atoms with Crippen molar-refractivity contribution in [3.63, 3.8) is 0 Å². The zero-order valence-corrected chi connectivity index (χ0v) is 21.6. The SMILES string of the molecule is c1ccc(-c2cccc(-n3c4ccccc4c4ccc(-c5nc6cc(-c7ccco7)ccc6s5)cc43)c2)nc1. The lowest BCUT2D eigenvalue weighted by Gasteiger charge is -2.10. The van der Waals surface area contributed by atoms with Crippen LogP contribution < -0.4 is 0 Å². The molecule has 8 rings (SSSR count). The molecule has 0 aliphatic heterocycles. The highest BCUT2D eigenvalue weighted by Gasteiger charge is 2.15. The number of para-hydroxylation sites is 1. The molecule has 8 aromatic rings. The standard InChI is InChI=1S/C34H21N3OS/c1-2-11-30-26(9-1)27-15-13-24(34-36-29-20-23(14-16-33(29)39-34)32-12-6-18-38-32)21-31(27)37(30)25-8-5-7-22(19-25)28-10-3-4-17-35-28/h1-21H. The van der Waals surface area contributed by atoms with Gasteiger partial charge in [0, 0.05) is 39.3 Å². The number of nitrogens with zero attached hydrogens (tertiary/aromatic N) is 3. The predicted octanol–water partition coefficient (Wildman–Crippen LogP) is 9.38. The molecule has 4 aromatic carbocycles. The van der Waals surface area contributed by atoms with Gasteiger partial charge in [0.25, 0.3) is 0 Å². The molecule has 0 amide bonds. The Morgan fingerprint density at radius 1 is 0.641 bits per heavy atom. The van der Waals surface area contributed by atoms with Crippen LogP contribution in [0.25, 0.3) is 70.9 Å². The van der Waals surface area contributed by atoms with Crippen molar-refractivity contribution in [3.8, 4) is 38.8 Å². The number of aromatic nitrogens is 3. The number of hydrogen-bond acceptors (Lipinski definition) is 4. The zero-order chi connectivity index (χ0) is 25.8. The zero-order valence-electron chi connectivity index (χ0n) is 20.8. The van der Waals surface area contributed by atoms with E-state index in [4.69, 9.17) is 9.40 Å². The van der Waals surface area contributed by atoms with Crippen LogP contribution in [0, 0.1) is 0 Å². The van der Waals surface area contributed by atoms with E-state index in [1.54, 1.807) is 17.6 Å². The Kier molecular flexibility index (Phi) is 4.96. The van der Waals surface area contributed by atoms with E-state index in [2.05, 4.69) is 94.5 Å². The van der Waals surface area contributed by atoms with E-state index in [0.717, 1.165) is 54.6 Å². The summed E-state index contributed by atoms with van der Waals surface area (Å²) in [6, 6.07) is 40.1. The summed E-state index contributed by atoms with van der Waals surface area (Å²) in [6.45, 7) is 0. The third kappa shape index (κ3) is 3.67. The molecule has 4 aromatic heterocycles. The van der Waals surface area contributed by atoms with Crippen LogP contribution >= 0.6 is 11.3 Å². The van der Waals surface area contributed by atoms with Gasteiger partial charge >= 0.3 is 0 Å². The highest BCUT2D eigenvalue weighted by Crippen LogP contribution is 2.38. The van der Waals surface area contributed by atoms with Gasteiger partial charge in [-0.2, -0.15) is 0 Å². The van der Waals surface area contributed by atoms with Crippen LogP contribution in [0.15, 0.2) is 132 Å². The molecule has 0 radical (unpaired) electrons. The molecular formula is C34H21N3OS. The Morgan fingerprint density at radius 3 is 2.44 bits per heavy atom. The van der Waals surface area contributed by atoms with E-state index in [1.165, 1.54) is 16.3 Å². The molecule has 0 unspecified atom stereocenters. The van der Waals surface area contributed by atoms with Gasteiger partial charge in [0.2, 0.25) is 0 Å². The van der Waals surface area contributed by atoms with Gasteiger partial charge in [-0.3, -0.25) is 4.98 Å². The number of fused-ring (bicyclic) bond motifs is 4. The second-order valence-corrected chi connectivity index (χ2v) is 10.6. The number of rotatable bonds is 4. The molecule has 0 atom stereocenters. The lowest BCUT2D eigenvalue weighted by atomic mass is 10.1. The van der Waals surface area contributed by atoms with Crippen LogP contribution in [0.1, 0.15) is 0 Å². The molecule has 0 aliphatic carbocycles. The van der Waals surface area contributed by atoms with Crippen molar-refractivity contribution < 1.29 is 4.42 Å². The van der Waals surface area contributed by atoms with E-state index in [9.17, 15) is 0 Å². The van der Waals surface area contributed by atoms with Crippen LogP contribution in [-0.4, -0.2) is 14.5 Å². The van der Waals surface area contributed by atoms with Crippen LogP contribution in [0.5, 0.6) is 0 Å². The fourth-order valence-electron chi connectivity index (χ4n) is 5.37. The summed E-state index contributed by atoms with van der Waals surface area (Å²) in [6.07, 6.45) is 3.54. The molecule has 0 fully saturated rings. The molecule has 4 heterocycles. The molecule has 184 valence electrons. The van der Waals surface area contributed by atoms with Crippen molar-refractivity contribution in [2.24, 2.45) is 0 Å². The molecule has 0 bridgehead atoms. The second-order valence-electron chi connectivity index (χ2n) is 9.53. The third-order valence-corrected chi connectivity index (χ3v) is 8.26. The normalized spacial score (nSPS) is 11.6. The van der Waals surface area contributed by atoms with Crippen molar-refractivity contribution in [1.82, 2.24) is 14.5 Å². The average molecular weight is 520 g/mol. The summed E-state index contributed by atoms with van der Waals surface area (Å²) in [5.74, 6) is 0.852. The molecule has 4 nitrogen and oxygen atoms in total. The Balaban J connectivity index is 1.31. The first-order valence-electron chi connectivity index (χ1n) is 12.8. The number of thiazole rings is 1. The van der Waals surface area contributed by atoms with Crippen molar-refractivity contribution >= 4 is 43.4 Å². The molecule has 0 saturated carbocycles. The van der Waals surface area contributed by atoms with Crippen LogP contribution in [0.2, 0.25) is 0 Å². The second kappa shape index (κ2) is 8.79. The quantitative estimate of drug-likeness (QED) is 0.233. The van der Waals surface area contributed by atoms with E-state index in [0.29, 0.717) is 0 Å². The predicted molar refractivity (Wildman–Crippen MR) is 160 cm³/mol. The Morgan fingerprint density at radius 2 is 1.54 bits per heavy atom. The van der Waals surface area contributed by atoms with E-state index in [-0.39, 0.29) is 0 Å². The fourth-order valence-corrected chi connectivity index (χ4v) is 6.31. The first-order chi connectivity index (χ1) is 19.3. The van der Waals surface area contributed by atoms with Crippen molar-refractivity contribution in [2.75, 3.05) is 0 Å². The first-order valence-corrected chi connectivity index (χ1v) is 13.6. The maximum atomic E-state index is 5.60. The Hall–Kier alpha value is -5.00. The van der Waals surface area contributed by atoms with E-state index in [1.807, 2.05) is 36.5 Å². The van der Waals surface area contributed by atoms with E-state index >= 15 is 0 Å². The maximum Gasteiger partial charge on any atom is 0.133 e. The van der Waals surface area contributed by atoms with Crippen LogP contribution in [0.3, 0.4) is 0 Å². The maximum absolute atomic E-state index is 5.60. The highest BCUT2D eigenvalue weighted by molar-refractivity contribution is 7.21. The van der Waals surface area contributed by atoms with Crippen molar-refractivity contribution in [3.05, 3.63) is 128 Å². The molecule has 39 heavy (non-hydrogen) atoms. The topological polar surface area (TPSA) is 43.9 Å². The molecule has 0 saturated heterocycles. The Bertz CT molecular complexity index is 2120. The summed E-state index contributed by atoms with van der Waals surface area (Å²) in [7, 11) is 0. The summed E-state index contributed by atoms with van der Waals surface area (Å²) < 4.78 is 9.10. The molecule has 0 spiro atoms. The fraction of sp³-hybridized carbons (Fsp3) is 0. The minimum absolute atomic E-state index is 0.852. The van der Waals surface area contributed by atoms with E-state index < -0.39 is 0 Å². The minimum atomic E-state index is 0.852. The first kappa shape index (κ1) is 22.0. The van der Waals surface area contributed by atoms with Crippen molar-refractivity contribution in [2.45, 2.75) is 0 Å². The lowest BCUT2D eigenvalue weighted by molar-refractivity contribution is 0.582. The van der Waals surface area contributed by atoms with Gasteiger partial charge < -0.3 is 8.98 Å². The average Bonchev–Trinajstić information content (AvgIpc) is 3.75. The van der Waals surface area contributed by atoms with Gasteiger partial charge in [0.15, 0.2) is 0 Å². The van der Waals surface area contributed by atoms with Gasteiger partial charge in [0.1, 0.15) is 10.8 Å². The number of furan rings is 1. The summed E-state index contributed by atoms with van der Waals surface area (Å²) in [5.41, 5.74) is 8.61. The summed E-state index contributed by atoms with van der Waals surface area (Å²) in [5, 5.41) is 3.45. The number of hydrogen-bond donors (Lipinski definition) is 0. The smallest absolute Gasteiger partial charge is 0.133 e. The van der Waals surface area contributed by atoms with Gasteiger partial charge in [-0.1, -0.05) is 48.5 Å². The van der Waals surface area contributed by atoms with Crippen molar-refractivity contribution in [1.29, 1.82) is 0 Å². The molecule has 0 N–H and O–H groups in total.